The smallest absolute Gasteiger partial charge is 0.243 e. The second-order valence-corrected chi connectivity index (χ2v) is 7.47. The zero-order valence-electron chi connectivity index (χ0n) is 12.8. The summed E-state index contributed by atoms with van der Waals surface area (Å²) >= 11 is 10.3. The fraction of sp³-hybridized carbons (Fsp3) is 0.188. The highest BCUT2D eigenvalue weighted by Crippen LogP contribution is 2.25. The molecule has 1 aromatic carbocycles. The first-order valence-corrected chi connectivity index (χ1v) is 9.37. The standard InChI is InChI=1S/C16H15BrN4OS2/c1-10(15(22)18-9-11-4-2-5-12(17)8-11)21-14(19-20-16(21)23)13-6-3-7-24-13/h2-8,10H,9H2,1H3,(H,18,22)(H,20,23). The SMILES string of the molecule is CC(C(=O)NCc1cccc(Br)c1)n1c(-c2cccs2)n[nH]c1=S. The first-order chi connectivity index (χ1) is 11.6. The van der Waals surface area contributed by atoms with E-state index in [2.05, 4.69) is 31.4 Å². The lowest BCUT2D eigenvalue weighted by Gasteiger charge is -2.15. The molecule has 5 nitrogen and oxygen atoms in total. The van der Waals surface area contributed by atoms with Gasteiger partial charge < -0.3 is 5.32 Å². The fourth-order valence-corrected chi connectivity index (χ4v) is 3.79. The number of H-pyrrole nitrogens is 1. The van der Waals surface area contributed by atoms with Crippen LogP contribution in [0.3, 0.4) is 0 Å². The van der Waals surface area contributed by atoms with Crippen molar-refractivity contribution in [2.45, 2.75) is 19.5 Å². The van der Waals surface area contributed by atoms with E-state index in [0.29, 0.717) is 17.1 Å². The van der Waals surface area contributed by atoms with Crippen molar-refractivity contribution >= 4 is 45.4 Å². The Balaban J connectivity index is 1.77. The van der Waals surface area contributed by atoms with Gasteiger partial charge in [-0.1, -0.05) is 34.1 Å². The van der Waals surface area contributed by atoms with Crippen LogP contribution < -0.4 is 5.32 Å². The van der Waals surface area contributed by atoms with Crippen LogP contribution in [0.15, 0.2) is 46.3 Å². The Bertz CT molecular complexity index is 901. The van der Waals surface area contributed by atoms with Crippen molar-refractivity contribution in [3.63, 3.8) is 0 Å². The third kappa shape index (κ3) is 3.66. The number of nitrogens with zero attached hydrogens (tertiary/aromatic N) is 2. The first kappa shape index (κ1) is 17.1. The fourth-order valence-electron chi connectivity index (χ4n) is 2.34. The molecule has 0 aliphatic carbocycles. The maximum absolute atomic E-state index is 12.5. The molecule has 0 radical (unpaired) electrons. The minimum atomic E-state index is -0.458. The Morgan fingerprint density at radius 3 is 3.00 bits per heavy atom. The van der Waals surface area contributed by atoms with E-state index in [1.54, 1.807) is 15.9 Å². The topological polar surface area (TPSA) is 62.7 Å². The number of halogens is 1. The van der Waals surface area contributed by atoms with Crippen LogP contribution in [0.2, 0.25) is 0 Å². The molecule has 124 valence electrons. The van der Waals surface area contributed by atoms with Crippen molar-refractivity contribution in [3.8, 4) is 10.7 Å². The molecule has 8 heteroatoms. The Hall–Kier alpha value is -1.77. The predicted octanol–water partition coefficient (Wildman–Crippen LogP) is 4.31. The van der Waals surface area contributed by atoms with E-state index in [4.69, 9.17) is 12.2 Å². The molecule has 2 heterocycles. The van der Waals surface area contributed by atoms with Gasteiger partial charge in [-0.2, -0.15) is 5.10 Å². The molecule has 2 N–H and O–H groups in total. The van der Waals surface area contributed by atoms with Crippen LogP contribution in [-0.2, 0) is 11.3 Å². The minimum Gasteiger partial charge on any atom is -0.350 e. The summed E-state index contributed by atoms with van der Waals surface area (Å²) in [5.41, 5.74) is 1.03. The van der Waals surface area contributed by atoms with Crippen molar-refractivity contribution in [1.82, 2.24) is 20.1 Å². The molecule has 1 amide bonds. The number of hydrogen-bond acceptors (Lipinski definition) is 4. The molecule has 1 atom stereocenters. The van der Waals surface area contributed by atoms with Gasteiger partial charge in [-0.05, 0) is 48.3 Å². The van der Waals surface area contributed by atoms with E-state index < -0.39 is 6.04 Å². The van der Waals surface area contributed by atoms with Crippen LogP contribution in [0.5, 0.6) is 0 Å². The van der Waals surface area contributed by atoms with Crippen LogP contribution >= 0.6 is 39.5 Å². The molecule has 0 saturated heterocycles. The Labute approximate surface area is 156 Å². The van der Waals surface area contributed by atoms with Crippen LogP contribution in [0.4, 0.5) is 0 Å². The van der Waals surface area contributed by atoms with Crippen LogP contribution in [0.25, 0.3) is 10.7 Å². The van der Waals surface area contributed by atoms with Gasteiger partial charge >= 0.3 is 0 Å². The maximum atomic E-state index is 12.5. The number of nitrogens with one attached hydrogen (secondary N) is 2. The molecule has 0 fully saturated rings. The zero-order chi connectivity index (χ0) is 17.1. The molecular formula is C16H15BrN4OS2. The van der Waals surface area contributed by atoms with E-state index in [1.165, 1.54) is 0 Å². The molecule has 0 bridgehead atoms. The van der Waals surface area contributed by atoms with Crippen molar-refractivity contribution in [1.29, 1.82) is 0 Å². The molecule has 0 aliphatic rings. The molecule has 3 rings (SSSR count). The largest absolute Gasteiger partial charge is 0.350 e. The average molecular weight is 423 g/mol. The van der Waals surface area contributed by atoms with Crippen LogP contribution in [-0.4, -0.2) is 20.7 Å². The highest BCUT2D eigenvalue weighted by molar-refractivity contribution is 9.10. The number of hydrogen-bond donors (Lipinski definition) is 2. The van der Waals surface area contributed by atoms with Gasteiger partial charge in [0.1, 0.15) is 6.04 Å². The van der Waals surface area contributed by atoms with E-state index in [1.807, 2.05) is 48.7 Å². The number of carbonyl (C=O) groups is 1. The number of rotatable bonds is 5. The number of carbonyl (C=O) groups excluding carboxylic acids is 1. The quantitative estimate of drug-likeness (QED) is 0.602. The van der Waals surface area contributed by atoms with Gasteiger partial charge in [-0.3, -0.25) is 14.5 Å². The molecule has 0 aliphatic heterocycles. The van der Waals surface area contributed by atoms with E-state index >= 15 is 0 Å². The first-order valence-electron chi connectivity index (χ1n) is 7.29. The van der Waals surface area contributed by atoms with Crippen LogP contribution in [0.1, 0.15) is 18.5 Å². The highest BCUT2D eigenvalue weighted by atomic mass is 79.9. The number of amides is 1. The second-order valence-electron chi connectivity index (χ2n) is 5.22. The van der Waals surface area contributed by atoms with Crippen molar-refractivity contribution in [2.24, 2.45) is 0 Å². The summed E-state index contributed by atoms with van der Waals surface area (Å²) in [4.78, 5) is 13.5. The lowest BCUT2D eigenvalue weighted by molar-refractivity contribution is -0.124. The highest BCUT2D eigenvalue weighted by Gasteiger charge is 2.21. The third-order valence-electron chi connectivity index (χ3n) is 3.57. The monoisotopic (exact) mass is 422 g/mol. The van der Waals surface area contributed by atoms with Gasteiger partial charge in [0.25, 0.3) is 0 Å². The Morgan fingerprint density at radius 1 is 1.46 bits per heavy atom. The summed E-state index contributed by atoms with van der Waals surface area (Å²) in [6, 6.07) is 11.3. The van der Waals surface area contributed by atoms with Crippen molar-refractivity contribution in [2.75, 3.05) is 0 Å². The summed E-state index contributed by atoms with van der Waals surface area (Å²) in [6.07, 6.45) is 0. The lowest BCUT2D eigenvalue weighted by atomic mass is 10.2. The van der Waals surface area contributed by atoms with Crippen molar-refractivity contribution in [3.05, 3.63) is 56.6 Å². The van der Waals surface area contributed by atoms with Gasteiger partial charge in [-0.25, -0.2) is 0 Å². The average Bonchev–Trinajstić information content (AvgIpc) is 3.21. The van der Waals surface area contributed by atoms with E-state index in [0.717, 1.165) is 14.9 Å². The molecule has 2 aromatic heterocycles. The molecule has 0 spiro atoms. The summed E-state index contributed by atoms with van der Waals surface area (Å²) in [6.45, 7) is 2.28. The summed E-state index contributed by atoms with van der Waals surface area (Å²) in [5.74, 6) is 0.574. The second kappa shape index (κ2) is 7.42. The molecule has 3 aromatic rings. The van der Waals surface area contributed by atoms with Gasteiger partial charge in [0.2, 0.25) is 5.91 Å². The molecule has 24 heavy (non-hydrogen) atoms. The summed E-state index contributed by atoms with van der Waals surface area (Å²) in [7, 11) is 0. The van der Waals surface area contributed by atoms with E-state index in [9.17, 15) is 4.79 Å². The molecular weight excluding hydrogens is 408 g/mol. The van der Waals surface area contributed by atoms with Gasteiger partial charge in [0, 0.05) is 11.0 Å². The number of thiophene rings is 1. The Morgan fingerprint density at radius 2 is 2.29 bits per heavy atom. The van der Waals surface area contributed by atoms with E-state index in [-0.39, 0.29) is 5.91 Å². The number of benzene rings is 1. The molecule has 0 saturated carbocycles. The van der Waals surface area contributed by atoms with Crippen molar-refractivity contribution < 1.29 is 4.79 Å². The number of aromatic amines is 1. The number of aromatic nitrogens is 3. The van der Waals surface area contributed by atoms with Gasteiger partial charge in [0.05, 0.1) is 4.88 Å². The van der Waals surface area contributed by atoms with Crippen LogP contribution in [0, 0.1) is 4.77 Å². The normalized spacial score (nSPS) is 12.1. The predicted molar refractivity (Wildman–Crippen MR) is 101 cm³/mol. The summed E-state index contributed by atoms with van der Waals surface area (Å²) < 4.78 is 3.17. The van der Waals surface area contributed by atoms with Gasteiger partial charge in [0.15, 0.2) is 10.6 Å². The minimum absolute atomic E-state index is 0.106. The maximum Gasteiger partial charge on any atom is 0.243 e. The third-order valence-corrected chi connectivity index (χ3v) is 5.22. The lowest BCUT2D eigenvalue weighted by Crippen LogP contribution is -2.31. The molecule has 1 unspecified atom stereocenters. The zero-order valence-corrected chi connectivity index (χ0v) is 16.0. The van der Waals surface area contributed by atoms with Gasteiger partial charge in [-0.15, -0.1) is 11.3 Å². The summed E-state index contributed by atoms with van der Waals surface area (Å²) in [5, 5.41) is 12.0. The Kier molecular flexibility index (Phi) is 5.27.